The summed E-state index contributed by atoms with van der Waals surface area (Å²) >= 11 is 0. The van der Waals surface area contributed by atoms with Crippen LogP contribution < -0.4 is 16.2 Å². The van der Waals surface area contributed by atoms with Gasteiger partial charge in [-0.2, -0.15) is 0 Å². The van der Waals surface area contributed by atoms with Crippen molar-refractivity contribution >= 4 is 41.7 Å². The molecule has 0 aliphatic carbocycles. The van der Waals surface area contributed by atoms with E-state index < -0.39 is 5.97 Å². The van der Waals surface area contributed by atoms with Crippen LogP contribution in [0.3, 0.4) is 0 Å². The summed E-state index contributed by atoms with van der Waals surface area (Å²) in [6.45, 7) is 0.459. The Morgan fingerprint density at radius 1 is 1.26 bits per heavy atom. The number of hydrogen-bond donors (Lipinski definition) is 3. The van der Waals surface area contributed by atoms with Gasteiger partial charge in [-0.15, -0.1) is 24.8 Å². The Bertz CT molecular complexity index is 543. The molecule has 2 aromatic rings. The molecule has 1 aromatic heterocycles. The number of hydrogen-bond acceptors (Lipinski definition) is 4. The molecule has 0 atom stereocenters. The van der Waals surface area contributed by atoms with Crippen LogP contribution in [-0.4, -0.2) is 24.0 Å². The van der Waals surface area contributed by atoms with Crippen LogP contribution in [0.1, 0.15) is 5.56 Å². The predicted molar refractivity (Wildman–Crippen MR) is 80.2 cm³/mol. The molecule has 7 heteroatoms. The van der Waals surface area contributed by atoms with Crippen LogP contribution in [0.25, 0.3) is 10.9 Å². The molecule has 0 aliphatic heterocycles. The van der Waals surface area contributed by atoms with E-state index in [4.69, 9.17) is 16.2 Å². The third-order valence-electron chi connectivity index (χ3n) is 2.55. The fraction of sp³-hybridized carbons (Fsp3) is 0.250. The maximum Gasteiger partial charge on any atom is 0.325 e. The van der Waals surface area contributed by atoms with Crippen molar-refractivity contribution in [2.24, 2.45) is 11.5 Å². The Morgan fingerprint density at radius 3 is 2.63 bits per heavy atom. The smallest absolute Gasteiger partial charge is 0.325 e. The highest BCUT2D eigenvalue weighted by Gasteiger charge is 2.06. The quantitative estimate of drug-likeness (QED) is 0.587. The Labute approximate surface area is 123 Å². The van der Waals surface area contributed by atoms with E-state index in [2.05, 4.69) is 4.98 Å². The molecule has 106 valence electrons. The van der Waals surface area contributed by atoms with E-state index in [1.807, 2.05) is 18.3 Å². The van der Waals surface area contributed by atoms with Crippen molar-refractivity contribution < 1.29 is 9.53 Å². The van der Waals surface area contributed by atoms with Crippen molar-refractivity contribution in [1.82, 2.24) is 4.98 Å². The maximum absolute atomic E-state index is 11.1. The van der Waals surface area contributed by atoms with E-state index in [0.717, 1.165) is 22.9 Å². The Balaban J connectivity index is 0.00000162. The van der Waals surface area contributed by atoms with Crippen molar-refractivity contribution in [3.8, 4) is 5.75 Å². The fourth-order valence-corrected chi connectivity index (χ4v) is 1.76. The second-order valence-corrected chi connectivity index (χ2v) is 3.74. The summed E-state index contributed by atoms with van der Waals surface area (Å²) in [5.74, 6) is 0.0612. The minimum Gasteiger partial charge on any atom is -0.426 e. The SMILES string of the molecule is Cl.Cl.NCCc1c[nH]c2ccc(OC(=O)CN)cc12. The van der Waals surface area contributed by atoms with E-state index in [9.17, 15) is 4.79 Å². The van der Waals surface area contributed by atoms with Crippen LogP contribution in [0, 0.1) is 0 Å². The van der Waals surface area contributed by atoms with Gasteiger partial charge in [-0.25, -0.2) is 0 Å². The molecule has 0 bridgehead atoms. The van der Waals surface area contributed by atoms with E-state index >= 15 is 0 Å². The number of rotatable bonds is 4. The molecule has 5 nitrogen and oxygen atoms in total. The van der Waals surface area contributed by atoms with Gasteiger partial charge in [-0.05, 0) is 36.7 Å². The summed E-state index contributed by atoms with van der Waals surface area (Å²) in [6, 6.07) is 5.43. The van der Waals surface area contributed by atoms with Crippen LogP contribution >= 0.6 is 24.8 Å². The lowest BCUT2D eigenvalue weighted by atomic mass is 10.1. The van der Waals surface area contributed by atoms with Gasteiger partial charge in [0, 0.05) is 17.1 Å². The molecule has 0 aliphatic rings. The molecule has 19 heavy (non-hydrogen) atoms. The molecule has 2 rings (SSSR count). The molecule has 1 aromatic carbocycles. The van der Waals surface area contributed by atoms with Gasteiger partial charge in [-0.3, -0.25) is 4.79 Å². The van der Waals surface area contributed by atoms with Crippen LogP contribution in [0.15, 0.2) is 24.4 Å². The molecular formula is C12H17Cl2N3O2. The minimum atomic E-state index is -0.444. The summed E-state index contributed by atoms with van der Waals surface area (Å²) in [5, 5.41) is 1.03. The summed E-state index contributed by atoms with van der Waals surface area (Å²) < 4.78 is 5.07. The second-order valence-electron chi connectivity index (χ2n) is 3.74. The predicted octanol–water partition coefficient (Wildman–Crippen LogP) is 1.38. The highest BCUT2D eigenvalue weighted by molar-refractivity contribution is 5.86. The van der Waals surface area contributed by atoms with Crippen molar-refractivity contribution in [3.05, 3.63) is 30.0 Å². The first kappa shape index (κ1) is 17.7. The second kappa shape index (κ2) is 8.01. The van der Waals surface area contributed by atoms with Gasteiger partial charge >= 0.3 is 5.97 Å². The Kier molecular flexibility index (Phi) is 7.48. The average molecular weight is 306 g/mol. The summed E-state index contributed by atoms with van der Waals surface area (Å²) in [7, 11) is 0. The fourth-order valence-electron chi connectivity index (χ4n) is 1.76. The summed E-state index contributed by atoms with van der Waals surface area (Å²) in [6.07, 6.45) is 2.71. The lowest BCUT2D eigenvalue weighted by molar-refractivity contribution is -0.132. The largest absolute Gasteiger partial charge is 0.426 e. The third kappa shape index (κ3) is 4.11. The van der Waals surface area contributed by atoms with Gasteiger partial charge < -0.3 is 21.2 Å². The van der Waals surface area contributed by atoms with E-state index in [0.29, 0.717) is 12.3 Å². The third-order valence-corrected chi connectivity index (χ3v) is 2.55. The van der Waals surface area contributed by atoms with Gasteiger partial charge in [0.25, 0.3) is 0 Å². The zero-order chi connectivity index (χ0) is 12.3. The Hall–Kier alpha value is -1.27. The van der Waals surface area contributed by atoms with Crippen LogP contribution in [0.5, 0.6) is 5.75 Å². The standard InChI is InChI=1S/C12H15N3O2.2ClH/c13-4-3-8-7-15-11-2-1-9(5-10(8)11)17-12(16)6-14;;/h1-2,5,7,15H,3-4,6,13-14H2;2*1H. The molecule has 5 N–H and O–H groups in total. The van der Waals surface area contributed by atoms with Crippen LogP contribution in [0.2, 0.25) is 0 Å². The molecule has 0 unspecified atom stereocenters. The van der Waals surface area contributed by atoms with Gasteiger partial charge in [0.05, 0.1) is 6.54 Å². The van der Waals surface area contributed by atoms with Crippen molar-refractivity contribution in [3.63, 3.8) is 0 Å². The first-order valence-corrected chi connectivity index (χ1v) is 5.45. The van der Waals surface area contributed by atoms with Gasteiger partial charge in [0.15, 0.2) is 0 Å². The number of aromatic amines is 1. The zero-order valence-corrected chi connectivity index (χ0v) is 11.9. The lowest BCUT2D eigenvalue weighted by Gasteiger charge is -2.03. The number of nitrogens with two attached hydrogens (primary N) is 2. The number of halogens is 2. The normalized spacial score (nSPS) is 9.58. The van der Waals surface area contributed by atoms with Gasteiger partial charge in [0.2, 0.25) is 0 Å². The zero-order valence-electron chi connectivity index (χ0n) is 10.2. The molecular weight excluding hydrogens is 289 g/mol. The first-order chi connectivity index (χ1) is 8.24. The maximum atomic E-state index is 11.1. The topological polar surface area (TPSA) is 94.1 Å². The molecule has 0 saturated heterocycles. The number of carbonyl (C=O) groups excluding carboxylic acids is 1. The van der Waals surface area contributed by atoms with Gasteiger partial charge in [-0.1, -0.05) is 0 Å². The number of benzene rings is 1. The van der Waals surface area contributed by atoms with Crippen molar-refractivity contribution in [2.45, 2.75) is 6.42 Å². The summed E-state index contributed by atoms with van der Waals surface area (Å²) in [5.41, 5.74) is 12.8. The van der Waals surface area contributed by atoms with Crippen LogP contribution in [-0.2, 0) is 11.2 Å². The van der Waals surface area contributed by atoms with E-state index in [1.54, 1.807) is 6.07 Å². The number of ether oxygens (including phenoxy) is 1. The number of H-pyrrole nitrogens is 1. The van der Waals surface area contributed by atoms with Gasteiger partial charge in [0.1, 0.15) is 5.75 Å². The molecule has 0 saturated carbocycles. The minimum absolute atomic E-state index is 0. The molecule has 0 amide bonds. The Morgan fingerprint density at radius 2 is 2.00 bits per heavy atom. The number of fused-ring (bicyclic) bond motifs is 1. The van der Waals surface area contributed by atoms with E-state index in [1.165, 1.54) is 0 Å². The average Bonchev–Trinajstić information content (AvgIpc) is 2.73. The van der Waals surface area contributed by atoms with Crippen molar-refractivity contribution in [2.75, 3.05) is 13.1 Å². The number of aromatic nitrogens is 1. The molecule has 1 heterocycles. The number of nitrogens with one attached hydrogen (secondary N) is 1. The molecule has 0 radical (unpaired) electrons. The number of carbonyl (C=O) groups is 1. The van der Waals surface area contributed by atoms with E-state index in [-0.39, 0.29) is 31.4 Å². The van der Waals surface area contributed by atoms with Crippen LogP contribution in [0.4, 0.5) is 0 Å². The molecule has 0 fully saturated rings. The summed E-state index contributed by atoms with van der Waals surface area (Å²) in [4.78, 5) is 14.2. The highest BCUT2D eigenvalue weighted by atomic mass is 35.5. The highest BCUT2D eigenvalue weighted by Crippen LogP contribution is 2.24. The first-order valence-electron chi connectivity index (χ1n) is 5.45. The number of esters is 1. The monoisotopic (exact) mass is 305 g/mol. The molecule has 0 spiro atoms. The van der Waals surface area contributed by atoms with Crippen molar-refractivity contribution in [1.29, 1.82) is 0 Å². The lowest BCUT2D eigenvalue weighted by Crippen LogP contribution is -2.19.